The third-order valence-electron chi connectivity index (χ3n) is 4.64. The Balaban J connectivity index is 1.59. The highest BCUT2D eigenvalue weighted by Gasteiger charge is 2.33. The van der Waals surface area contributed by atoms with Gasteiger partial charge in [0.05, 0.1) is 6.04 Å². The maximum atomic E-state index is 14.1. The zero-order valence-electron chi connectivity index (χ0n) is 13.9. The van der Waals surface area contributed by atoms with Crippen molar-refractivity contribution in [3.05, 3.63) is 77.5 Å². The van der Waals surface area contributed by atoms with Crippen LogP contribution in [0.2, 0.25) is 0 Å². The Hall–Kier alpha value is -3.02. The number of aromatic nitrogens is 1. The molecule has 0 unspecified atom stereocenters. The molecule has 1 aromatic heterocycles. The smallest absolute Gasteiger partial charge is 0.276 e. The van der Waals surface area contributed by atoms with Gasteiger partial charge in [0.2, 0.25) is 0 Å². The molecule has 1 fully saturated rings. The molecule has 3 aromatic rings. The van der Waals surface area contributed by atoms with Crippen LogP contribution in [-0.4, -0.2) is 22.5 Å². The molecule has 0 aliphatic carbocycles. The highest BCUT2D eigenvalue weighted by Crippen LogP contribution is 2.34. The van der Waals surface area contributed by atoms with E-state index >= 15 is 0 Å². The van der Waals surface area contributed by atoms with Crippen LogP contribution in [0.5, 0.6) is 0 Å². The minimum Gasteiger partial charge on any atom is -0.355 e. The maximum absolute atomic E-state index is 14.1. The van der Waals surface area contributed by atoms with E-state index in [1.807, 2.05) is 0 Å². The van der Waals surface area contributed by atoms with E-state index in [-0.39, 0.29) is 29.3 Å². The molecule has 4 rings (SSSR count). The minimum atomic E-state index is -0.352. The van der Waals surface area contributed by atoms with E-state index in [4.69, 9.17) is 4.52 Å². The van der Waals surface area contributed by atoms with Crippen molar-refractivity contribution in [2.45, 2.75) is 18.9 Å². The predicted molar refractivity (Wildman–Crippen MR) is 91.3 cm³/mol. The maximum Gasteiger partial charge on any atom is 0.276 e. The number of carbonyl (C=O) groups excluding carboxylic acids is 1. The van der Waals surface area contributed by atoms with Crippen molar-refractivity contribution in [2.75, 3.05) is 6.54 Å². The van der Waals surface area contributed by atoms with Gasteiger partial charge >= 0.3 is 0 Å². The average Bonchev–Trinajstić information content (AvgIpc) is 3.32. The van der Waals surface area contributed by atoms with Crippen molar-refractivity contribution in [3.8, 4) is 11.3 Å². The van der Waals surface area contributed by atoms with E-state index in [9.17, 15) is 13.6 Å². The molecule has 4 nitrogen and oxygen atoms in total. The zero-order chi connectivity index (χ0) is 18.1. The fourth-order valence-corrected chi connectivity index (χ4v) is 3.35. The molecular formula is C20H16F2N2O2. The monoisotopic (exact) mass is 354 g/mol. The van der Waals surface area contributed by atoms with Crippen LogP contribution in [0.3, 0.4) is 0 Å². The number of nitrogens with zero attached hydrogens (tertiary/aromatic N) is 2. The van der Waals surface area contributed by atoms with E-state index in [1.165, 1.54) is 24.3 Å². The summed E-state index contributed by atoms with van der Waals surface area (Å²) in [6.45, 7) is 0.538. The summed E-state index contributed by atoms with van der Waals surface area (Å²) in [5.41, 5.74) is 1.30. The van der Waals surface area contributed by atoms with Crippen LogP contribution < -0.4 is 0 Å². The first-order valence-corrected chi connectivity index (χ1v) is 8.41. The Morgan fingerprint density at radius 3 is 2.65 bits per heavy atom. The molecule has 0 saturated carbocycles. The second kappa shape index (κ2) is 6.71. The lowest BCUT2D eigenvalue weighted by Crippen LogP contribution is -2.31. The van der Waals surface area contributed by atoms with Gasteiger partial charge in [-0.2, -0.15) is 0 Å². The largest absolute Gasteiger partial charge is 0.355 e. The number of hydrogen-bond donors (Lipinski definition) is 0. The average molecular weight is 354 g/mol. The van der Waals surface area contributed by atoms with Gasteiger partial charge in [-0.1, -0.05) is 23.4 Å². The quantitative estimate of drug-likeness (QED) is 0.691. The van der Waals surface area contributed by atoms with Crippen LogP contribution >= 0.6 is 0 Å². The molecule has 26 heavy (non-hydrogen) atoms. The first-order chi connectivity index (χ1) is 12.6. The summed E-state index contributed by atoms with van der Waals surface area (Å²) in [6, 6.07) is 13.5. The highest BCUT2D eigenvalue weighted by atomic mass is 19.1. The van der Waals surface area contributed by atoms with Gasteiger partial charge in [0.15, 0.2) is 11.5 Å². The standard InChI is InChI=1S/C20H16F2N2O2/c21-14-9-7-13(8-10-14)19-12-17(23-26-19)20(25)24-11-3-6-18(24)15-4-1-2-5-16(15)22/h1-2,4-5,7-10,12,18H,3,6,11H2/t18-/m0/s1. The lowest BCUT2D eigenvalue weighted by atomic mass is 10.0. The molecule has 1 atom stereocenters. The Bertz CT molecular complexity index is 937. The SMILES string of the molecule is O=C(c1cc(-c2ccc(F)cc2)on1)N1CCC[C@H]1c1ccccc1F. The minimum absolute atomic E-state index is 0.160. The summed E-state index contributed by atoms with van der Waals surface area (Å²) >= 11 is 0. The predicted octanol–water partition coefficient (Wildman–Crippen LogP) is 4.60. The van der Waals surface area contributed by atoms with Crippen LogP contribution in [0.4, 0.5) is 8.78 Å². The van der Waals surface area contributed by atoms with E-state index in [0.29, 0.717) is 29.9 Å². The number of amides is 1. The van der Waals surface area contributed by atoms with Gasteiger partial charge in [-0.3, -0.25) is 4.79 Å². The first kappa shape index (κ1) is 16.4. The summed E-state index contributed by atoms with van der Waals surface area (Å²) in [6.07, 6.45) is 1.50. The molecule has 1 saturated heterocycles. The Labute approximate surface area is 149 Å². The molecule has 2 aromatic carbocycles. The Morgan fingerprint density at radius 1 is 1.12 bits per heavy atom. The lowest BCUT2D eigenvalue weighted by molar-refractivity contribution is 0.0723. The van der Waals surface area contributed by atoms with Crippen LogP contribution in [-0.2, 0) is 0 Å². The highest BCUT2D eigenvalue weighted by molar-refractivity contribution is 5.93. The molecule has 2 heterocycles. The van der Waals surface area contributed by atoms with Crippen molar-refractivity contribution < 1.29 is 18.1 Å². The third kappa shape index (κ3) is 2.98. The summed E-state index contributed by atoms with van der Waals surface area (Å²) in [4.78, 5) is 14.5. The summed E-state index contributed by atoms with van der Waals surface area (Å²) in [7, 11) is 0. The molecule has 1 amide bonds. The van der Waals surface area contributed by atoms with Crippen LogP contribution in [0.1, 0.15) is 34.9 Å². The summed E-state index contributed by atoms with van der Waals surface area (Å²) < 4.78 is 32.4. The molecule has 132 valence electrons. The van der Waals surface area contributed by atoms with Gasteiger partial charge in [-0.25, -0.2) is 8.78 Å². The number of rotatable bonds is 3. The van der Waals surface area contributed by atoms with Gasteiger partial charge < -0.3 is 9.42 Å². The summed E-state index contributed by atoms with van der Waals surface area (Å²) in [5, 5.41) is 3.86. The van der Waals surface area contributed by atoms with Gasteiger partial charge in [0.25, 0.3) is 5.91 Å². The number of likely N-dealkylation sites (tertiary alicyclic amines) is 1. The summed E-state index contributed by atoms with van der Waals surface area (Å²) in [5.74, 6) is -0.582. The van der Waals surface area contributed by atoms with Crippen molar-refractivity contribution in [1.82, 2.24) is 10.1 Å². The second-order valence-corrected chi connectivity index (χ2v) is 6.26. The van der Waals surface area contributed by atoms with Crippen LogP contribution in [0.25, 0.3) is 11.3 Å². The van der Waals surface area contributed by atoms with Crippen LogP contribution in [0, 0.1) is 11.6 Å². The van der Waals surface area contributed by atoms with E-state index in [0.717, 1.165) is 6.42 Å². The molecule has 1 aliphatic rings. The van der Waals surface area contributed by atoms with Crippen LogP contribution in [0.15, 0.2) is 59.1 Å². The second-order valence-electron chi connectivity index (χ2n) is 6.26. The number of carbonyl (C=O) groups is 1. The van der Waals surface area contributed by atoms with Gasteiger partial charge in [0, 0.05) is 23.7 Å². The van der Waals surface area contributed by atoms with E-state index in [1.54, 1.807) is 35.2 Å². The van der Waals surface area contributed by atoms with Crippen molar-refractivity contribution >= 4 is 5.91 Å². The zero-order valence-corrected chi connectivity index (χ0v) is 13.9. The fraction of sp³-hybridized carbons (Fsp3) is 0.200. The van der Waals surface area contributed by atoms with Crippen molar-refractivity contribution in [2.24, 2.45) is 0 Å². The third-order valence-corrected chi connectivity index (χ3v) is 4.64. The lowest BCUT2D eigenvalue weighted by Gasteiger charge is -2.24. The Morgan fingerprint density at radius 2 is 1.88 bits per heavy atom. The molecular weight excluding hydrogens is 338 g/mol. The van der Waals surface area contributed by atoms with Gasteiger partial charge in [0.1, 0.15) is 11.6 Å². The van der Waals surface area contributed by atoms with E-state index < -0.39 is 0 Å². The van der Waals surface area contributed by atoms with Gasteiger partial charge in [-0.05, 0) is 43.2 Å². The van der Waals surface area contributed by atoms with Gasteiger partial charge in [-0.15, -0.1) is 0 Å². The molecule has 6 heteroatoms. The first-order valence-electron chi connectivity index (χ1n) is 8.41. The molecule has 0 N–H and O–H groups in total. The number of hydrogen-bond acceptors (Lipinski definition) is 3. The molecule has 0 radical (unpaired) electrons. The number of benzene rings is 2. The Kier molecular flexibility index (Phi) is 4.24. The molecule has 0 bridgehead atoms. The molecule has 0 spiro atoms. The van der Waals surface area contributed by atoms with Crippen molar-refractivity contribution in [1.29, 1.82) is 0 Å². The normalized spacial score (nSPS) is 16.8. The van der Waals surface area contributed by atoms with Crippen molar-refractivity contribution in [3.63, 3.8) is 0 Å². The molecule has 1 aliphatic heterocycles. The topological polar surface area (TPSA) is 46.3 Å². The van der Waals surface area contributed by atoms with E-state index in [2.05, 4.69) is 5.16 Å². The number of halogens is 2. The fourth-order valence-electron chi connectivity index (χ4n) is 3.35.